The molecular formula is C20H13ClF2N2O2. The zero-order valence-corrected chi connectivity index (χ0v) is 14.6. The molecule has 0 heterocycles. The molecular weight excluding hydrogens is 374 g/mol. The van der Waals surface area contributed by atoms with E-state index in [4.69, 9.17) is 11.6 Å². The Kier molecular flexibility index (Phi) is 5.47. The molecule has 0 saturated heterocycles. The van der Waals surface area contributed by atoms with Crippen LogP contribution in [0.3, 0.4) is 0 Å². The van der Waals surface area contributed by atoms with E-state index in [0.717, 1.165) is 12.1 Å². The summed E-state index contributed by atoms with van der Waals surface area (Å²) in [7, 11) is 0. The van der Waals surface area contributed by atoms with Gasteiger partial charge in [0, 0.05) is 16.9 Å². The molecule has 0 saturated carbocycles. The van der Waals surface area contributed by atoms with Gasteiger partial charge in [0.05, 0.1) is 10.6 Å². The summed E-state index contributed by atoms with van der Waals surface area (Å²) in [5, 5.41) is 5.15. The number of nitrogens with one attached hydrogen (secondary N) is 2. The minimum Gasteiger partial charge on any atom is -0.322 e. The highest BCUT2D eigenvalue weighted by Gasteiger charge is 2.13. The van der Waals surface area contributed by atoms with Crippen LogP contribution < -0.4 is 10.6 Å². The van der Waals surface area contributed by atoms with Crippen molar-refractivity contribution in [1.29, 1.82) is 0 Å². The topological polar surface area (TPSA) is 58.2 Å². The first kappa shape index (κ1) is 18.5. The van der Waals surface area contributed by atoms with E-state index in [-0.39, 0.29) is 16.1 Å². The second kappa shape index (κ2) is 7.97. The molecule has 0 aliphatic heterocycles. The van der Waals surface area contributed by atoms with E-state index in [0.29, 0.717) is 11.4 Å². The molecule has 0 spiro atoms. The summed E-state index contributed by atoms with van der Waals surface area (Å²) in [5.74, 6) is -2.02. The maximum atomic E-state index is 13.2. The lowest BCUT2D eigenvalue weighted by Gasteiger charge is -2.09. The summed E-state index contributed by atoms with van der Waals surface area (Å²) in [6.07, 6.45) is 0. The van der Waals surface area contributed by atoms with Gasteiger partial charge in [-0.05, 0) is 54.6 Å². The molecule has 3 rings (SSSR count). The Morgan fingerprint density at radius 2 is 1.37 bits per heavy atom. The summed E-state index contributed by atoms with van der Waals surface area (Å²) in [6, 6.07) is 15.1. The van der Waals surface area contributed by atoms with Crippen molar-refractivity contribution in [1.82, 2.24) is 0 Å². The van der Waals surface area contributed by atoms with Crippen molar-refractivity contribution < 1.29 is 18.4 Å². The molecule has 3 aromatic rings. The smallest absolute Gasteiger partial charge is 0.257 e. The lowest BCUT2D eigenvalue weighted by molar-refractivity contribution is 0.101. The molecule has 2 N–H and O–H groups in total. The number of carbonyl (C=O) groups is 2. The van der Waals surface area contributed by atoms with Crippen molar-refractivity contribution in [2.45, 2.75) is 0 Å². The average molecular weight is 387 g/mol. The summed E-state index contributed by atoms with van der Waals surface area (Å²) in [5.41, 5.74) is 1.04. The lowest BCUT2D eigenvalue weighted by atomic mass is 10.1. The highest BCUT2D eigenvalue weighted by atomic mass is 35.5. The Balaban J connectivity index is 1.75. The minimum absolute atomic E-state index is 0.0208. The number of rotatable bonds is 4. The monoisotopic (exact) mass is 386 g/mol. The molecule has 0 unspecified atom stereocenters. The third-order valence-electron chi connectivity index (χ3n) is 3.64. The quantitative estimate of drug-likeness (QED) is 0.653. The SMILES string of the molecule is O=C(Nc1cccc(F)c1)c1cccc(NC(=O)c2ccc(F)cc2Cl)c1. The average Bonchev–Trinajstić information content (AvgIpc) is 2.61. The third kappa shape index (κ3) is 4.68. The van der Waals surface area contributed by atoms with Crippen LogP contribution in [-0.2, 0) is 0 Å². The normalized spacial score (nSPS) is 10.3. The van der Waals surface area contributed by atoms with Crippen molar-refractivity contribution >= 4 is 34.8 Å². The van der Waals surface area contributed by atoms with E-state index in [1.807, 2.05) is 0 Å². The molecule has 0 aromatic heterocycles. The molecule has 0 fully saturated rings. The molecule has 136 valence electrons. The van der Waals surface area contributed by atoms with E-state index in [1.165, 1.54) is 30.3 Å². The summed E-state index contributed by atoms with van der Waals surface area (Å²) < 4.78 is 26.3. The zero-order valence-electron chi connectivity index (χ0n) is 13.8. The van der Waals surface area contributed by atoms with Gasteiger partial charge in [0.1, 0.15) is 11.6 Å². The van der Waals surface area contributed by atoms with Crippen LogP contribution in [0.2, 0.25) is 5.02 Å². The number of anilines is 2. The standard InChI is InChI=1S/C20H13ClF2N2O2/c21-18-11-14(23)7-8-17(18)20(27)25-15-5-1-3-12(9-15)19(26)24-16-6-2-4-13(22)10-16/h1-11H,(H,24,26)(H,25,27). The van der Waals surface area contributed by atoms with Gasteiger partial charge < -0.3 is 10.6 Å². The number of hydrogen-bond acceptors (Lipinski definition) is 2. The predicted molar refractivity (Wildman–Crippen MR) is 100 cm³/mol. The second-order valence-electron chi connectivity index (χ2n) is 5.62. The van der Waals surface area contributed by atoms with Crippen LogP contribution in [0.1, 0.15) is 20.7 Å². The van der Waals surface area contributed by atoms with E-state index < -0.39 is 23.4 Å². The molecule has 7 heteroatoms. The van der Waals surface area contributed by atoms with Crippen LogP contribution in [0.5, 0.6) is 0 Å². The number of amides is 2. The Hall–Kier alpha value is -3.25. The highest BCUT2D eigenvalue weighted by molar-refractivity contribution is 6.34. The van der Waals surface area contributed by atoms with E-state index in [1.54, 1.807) is 24.3 Å². The van der Waals surface area contributed by atoms with Gasteiger partial charge in [-0.2, -0.15) is 0 Å². The van der Waals surface area contributed by atoms with E-state index in [9.17, 15) is 18.4 Å². The number of benzene rings is 3. The highest BCUT2D eigenvalue weighted by Crippen LogP contribution is 2.20. The van der Waals surface area contributed by atoms with Gasteiger partial charge in [0.2, 0.25) is 0 Å². The maximum absolute atomic E-state index is 13.2. The van der Waals surface area contributed by atoms with Crippen LogP contribution in [0.25, 0.3) is 0 Å². The van der Waals surface area contributed by atoms with Crippen molar-refractivity contribution in [2.75, 3.05) is 10.6 Å². The van der Waals surface area contributed by atoms with Gasteiger partial charge in [-0.1, -0.05) is 23.7 Å². The predicted octanol–water partition coefficient (Wildman–Crippen LogP) is 5.12. The first-order valence-electron chi connectivity index (χ1n) is 7.86. The lowest BCUT2D eigenvalue weighted by Crippen LogP contribution is -2.15. The minimum atomic E-state index is -0.549. The largest absolute Gasteiger partial charge is 0.322 e. The Morgan fingerprint density at radius 3 is 2.07 bits per heavy atom. The fourth-order valence-electron chi connectivity index (χ4n) is 2.38. The Morgan fingerprint density at radius 1 is 0.741 bits per heavy atom. The van der Waals surface area contributed by atoms with Gasteiger partial charge in [-0.15, -0.1) is 0 Å². The van der Waals surface area contributed by atoms with Gasteiger partial charge in [-0.3, -0.25) is 9.59 Å². The first-order valence-corrected chi connectivity index (χ1v) is 8.23. The number of carbonyl (C=O) groups excluding carboxylic acids is 2. The molecule has 3 aromatic carbocycles. The molecule has 4 nitrogen and oxygen atoms in total. The summed E-state index contributed by atoms with van der Waals surface area (Å²) in [6.45, 7) is 0. The third-order valence-corrected chi connectivity index (χ3v) is 3.95. The van der Waals surface area contributed by atoms with E-state index >= 15 is 0 Å². The molecule has 0 aliphatic carbocycles. The van der Waals surface area contributed by atoms with Crippen molar-refractivity contribution in [2.24, 2.45) is 0 Å². The van der Waals surface area contributed by atoms with Crippen LogP contribution in [-0.4, -0.2) is 11.8 Å². The Bertz CT molecular complexity index is 1020. The molecule has 27 heavy (non-hydrogen) atoms. The van der Waals surface area contributed by atoms with Gasteiger partial charge >= 0.3 is 0 Å². The van der Waals surface area contributed by atoms with Crippen molar-refractivity contribution in [3.05, 3.63) is 94.5 Å². The summed E-state index contributed by atoms with van der Waals surface area (Å²) >= 11 is 5.88. The van der Waals surface area contributed by atoms with Gasteiger partial charge in [0.25, 0.3) is 11.8 Å². The van der Waals surface area contributed by atoms with Crippen molar-refractivity contribution in [3.63, 3.8) is 0 Å². The van der Waals surface area contributed by atoms with Crippen LogP contribution in [0.4, 0.5) is 20.2 Å². The first-order chi connectivity index (χ1) is 12.9. The summed E-state index contributed by atoms with van der Waals surface area (Å²) in [4.78, 5) is 24.6. The molecule has 0 bridgehead atoms. The number of hydrogen-bond donors (Lipinski definition) is 2. The molecule has 2 amide bonds. The molecule has 0 atom stereocenters. The zero-order chi connectivity index (χ0) is 19.4. The van der Waals surface area contributed by atoms with Gasteiger partial charge in [0.15, 0.2) is 0 Å². The van der Waals surface area contributed by atoms with E-state index in [2.05, 4.69) is 10.6 Å². The molecule has 0 radical (unpaired) electrons. The Labute approximate surface area is 158 Å². The fraction of sp³-hybridized carbons (Fsp3) is 0. The molecule has 0 aliphatic rings. The van der Waals surface area contributed by atoms with Crippen LogP contribution in [0, 0.1) is 11.6 Å². The van der Waals surface area contributed by atoms with Crippen LogP contribution in [0.15, 0.2) is 66.7 Å². The number of halogens is 3. The second-order valence-corrected chi connectivity index (χ2v) is 6.03. The van der Waals surface area contributed by atoms with Crippen molar-refractivity contribution in [3.8, 4) is 0 Å². The maximum Gasteiger partial charge on any atom is 0.257 e. The van der Waals surface area contributed by atoms with Crippen LogP contribution >= 0.6 is 11.6 Å². The fourth-order valence-corrected chi connectivity index (χ4v) is 2.63. The van der Waals surface area contributed by atoms with Gasteiger partial charge in [-0.25, -0.2) is 8.78 Å².